The minimum absolute atomic E-state index is 0. The Morgan fingerprint density at radius 2 is 1.71 bits per heavy atom. The zero-order chi connectivity index (χ0) is 27.1. The van der Waals surface area contributed by atoms with E-state index in [1.807, 2.05) is 44.2 Å². The van der Waals surface area contributed by atoms with E-state index in [1.165, 1.54) is 6.07 Å². The molecule has 0 aliphatic rings. The van der Waals surface area contributed by atoms with Crippen molar-refractivity contribution >= 4 is 41.4 Å². The maximum absolute atomic E-state index is 14.1. The molecule has 3 aromatic rings. The molecule has 0 spiro atoms. The number of nitrogens with one attached hydrogen (secondary N) is 1. The van der Waals surface area contributed by atoms with Gasteiger partial charge in [0.1, 0.15) is 0 Å². The normalized spacial score (nSPS) is 12.6. The number of carbonyl (C=O) groups is 2. The third-order valence-corrected chi connectivity index (χ3v) is 5.89. The van der Waals surface area contributed by atoms with Crippen LogP contribution in [-0.2, 0) is 17.8 Å². The summed E-state index contributed by atoms with van der Waals surface area (Å²) in [7, 11) is 0. The molecule has 8 nitrogen and oxygen atoms in total. The molecule has 1 heterocycles. The standard InChI is InChI=1S/C27H31F2N3O5.Na/c1-16(2)32-23(11-9-19(33)13-20(34)14-24(35)36)25(18-8-10-21(28)22(29)12-18)31-26(32)27(37)30-15-17-6-4-3-5-7-17;/h3-8,10,12,16,19-20,33-34H,9,11,13-15H2,1-2H3,(H,30,37)(H,35,36);/t19-,20-;/m1./s1. The third-order valence-electron chi connectivity index (χ3n) is 5.89. The van der Waals surface area contributed by atoms with Gasteiger partial charge in [0.05, 0.1) is 24.3 Å². The molecule has 38 heavy (non-hydrogen) atoms. The van der Waals surface area contributed by atoms with Gasteiger partial charge in [-0.15, -0.1) is 0 Å². The maximum atomic E-state index is 14.1. The van der Waals surface area contributed by atoms with E-state index in [2.05, 4.69) is 10.3 Å². The molecule has 0 bridgehead atoms. The summed E-state index contributed by atoms with van der Waals surface area (Å²) in [5, 5.41) is 31.9. The van der Waals surface area contributed by atoms with E-state index in [0.717, 1.165) is 17.7 Å². The number of amides is 1. The summed E-state index contributed by atoms with van der Waals surface area (Å²) in [6.07, 6.45) is -2.58. The fraction of sp³-hybridized carbons (Fsp3) is 0.370. The molecule has 11 heteroatoms. The van der Waals surface area contributed by atoms with Gasteiger partial charge >= 0.3 is 5.97 Å². The Morgan fingerprint density at radius 3 is 2.32 bits per heavy atom. The van der Waals surface area contributed by atoms with Crippen molar-refractivity contribution in [2.24, 2.45) is 0 Å². The summed E-state index contributed by atoms with van der Waals surface area (Å²) in [5.74, 6) is -3.62. The first-order chi connectivity index (χ1) is 17.6. The van der Waals surface area contributed by atoms with Crippen molar-refractivity contribution in [3.05, 3.63) is 77.2 Å². The number of imidazole rings is 1. The van der Waals surface area contributed by atoms with Crippen LogP contribution in [0.2, 0.25) is 0 Å². The molecule has 0 aliphatic carbocycles. The van der Waals surface area contributed by atoms with Crippen LogP contribution in [0.5, 0.6) is 0 Å². The summed E-state index contributed by atoms with van der Waals surface area (Å²) >= 11 is 0. The SMILES string of the molecule is CC(C)n1c(C(=O)NCc2ccccc2)nc(-c2ccc(F)c(F)c2)c1CC[C@@H](O)C[C@@H](O)CC(=O)O.[Na]. The van der Waals surface area contributed by atoms with E-state index in [1.54, 1.807) is 4.57 Å². The fourth-order valence-corrected chi connectivity index (χ4v) is 4.17. The van der Waals surface area contributed by atoms with Gasteiger partial charge in [-0.25, -0.2) is 13.8 Å². The predicted octanol–water partition coefficient (Wildman–Crippen LogP) is 3.48. The minimum Gasteiger partial charge on any atom is -0.481 e. The van der Waals surface area contributed by atoms with Crippen molar-refractivity contribution in [1.82, 2.24) is 14.9 Å². The number of nitrogens with zero attached hydrogens (tertiary/aromatic N) is 2. The van der Waals surface area contributed by atoms with Crippen LogP contribution in [0, 0.1) is 11.6 Å². The molecule has 1 aromatic heterocycles. The monoisotopic (exact) mass is 538 g/mol. The van der Waals surface area contributed by atoms with Crippen LogP contribution in [-0.4, -0.2) is 78.5 Å². The molecule has 0 fully saturated rings. The number of aliphatic hydroxyl groups excluding tert-OH is 2. The van der Waals surface area contributed by atoms with Crippen LogP contribution in [0.25, 0.3) is 11.3 Å². The summed E-state index contributed by atoms with van der Waals surface area (Å²) in [6, 6.07) is 12.4. The average Bonchev–Trinajstić information content (AvgIpc) is 3.23. The van der Waals surface area contributed by atoms with Gasteiger partial charge in [0.15, 0.2) is 17.5 Å². The number of aromatic nitrogens is 2. The van der Waals surface area contributed by atoms with Crippen molar-refractivity contribution in [2.45, 2.75) is 64.3 Å². The second-order valence-electron chi connectivity index (χ2n) is 9.17. The first-order valence-electron chi connectivity index (χ1n) is 12.0. The number of carboxylic acids is 1. The second-order valence-corrected chi connectivity index (χ2v) is 9.17. The molecular weight excluding hydrogens is 507 g/mol. The molecule has 0 unspecified atom stereocenters. The number of benzene rings is 2. The molecule has 1 radical (unpaired) electrons. The Hall–Kier alpha value is -2.63. The molecule has 2 atom stereocenters. The van der Waals surface area contributed by atoms with Crippen molar-refractivity contribution in [1.29, 1.82) is 0 Å². The molecule has 0 saturated carbocycles. The van der Waals surface area contributed by atoms with E-state index in [-0.39, 0.29) is 78.5 Å². The van der Waals surface area contributed by atoms with Gasteiger partial charge in [0.2, 0.25) is 0 Å². The van der Waals surface area contributed by atoms with Crippen molar-refractivity contribution in [2.75, 3.05) is 0 Å². The number of rotatable bonds is 12. The third kappa shape index (κ3) is 8.44. The second kappa shape index (κ2) is 14.5. The van der Waals surface area contributed by atoms with Crippen LogP contribution < -0.4 is 5.32 Å². The van der Waals surface area contributed by atoms with E-state index in [4.69, 9.17) is 5.11 Å². The molecule has 4 N–H and O–H groups in total. The fourth-order valence-electron chi connectivity index (χ4n) is 4.17. The Labute approximate surface area is 242 Å². The van der Waals surface area contributed by atoms with Crippen LogP contribution >= 0.6 is 0 Å². The van der Waals surface area contributed by atoms with Crippen molar-refractivity contribution < 1.29 is 33.7 Å². The number of halogens is 2. The van der Waals surface area contributed by atoms with Gasteiger partial charge in [-0.1, -0.05) is 30.3 Å². The predicted molar refractivity (Wildman–Crippen MR) is 139 cm³/mol. The smallest absolute Gasteiger partial charge is 0.305 e. The molecule has 1 amide bonds. The number of aliphatic hydroxyl groups is 2. The topological polar surface area (TPSA) is 125 Å². The number of carbonyl (C=O) groups excluding carboxylic acids is 1. The Bertz CT molecular complexity index is 1240. The van der Waals surface area contributed by atoms with Crippen LogP contribution in [0.1, 0.15) is 61.0 Å². The molecular formula is C27H31F2N3NaO5. The van der Waals surface area contributed by atoms with E-state index < -0.39 is 42.1 Å². The minimum atomic E-state index is -1.22. The number of hydrogen-bond donors (Lipinski definition) is 4. The van der Waals surface area contributed by atoms with E-state index >= 15 is 0 Å². The van der Waals surface area contributed by atoms with Gasteiger partial charge in [-0.3, -0.25) is 9.59 Å². The Balaban J connectivity index is 0.00000507. The van der Waals surface area contributed by atoms with Crippen LogP contribution in [0.15, 0.2) is 48.5 Å². The largest absolute Gasteiger partial charge is 0.481 e. The van der Waals surface area contributed by atoms with Gasteiger partial charge in [-0.2, -0.15) is 0 Å². The molecule has 3 rings (SSSR count). The van der Waals surface area contributed by atoms with E-state index in [0.29, 0.717) is 5.69 Å². The summed E-state index contributed by atoms with van der Waals surface area (Å²) in [5.41, 5.74) is 1.96. The number of hydrogen-bond acceptors (Lipinski definition) is 5. The first kappa shape index (κ1) is 31.6. The van der Waals surface area contributed by atoms with Gasteiger partial charge in [0.25, 0.3) is 5.91 Å². The van der Waals surface area contributed by atoms with Crippen molar-refractivity contribution in [3.8, 4) is 11.3 Å². The molecule has 0 saturated heterocycles. The molecule has 199 valence electrons. The quantitative estimate of drug-likeness (QED) is 0.262. The molecule has 0 aliphatic heterocycles. The number of aliphatic carboxylic acids is 1. The van der Waals surface area contributed by atoms with Crippen molar-refractivity contribution in [3.63, 3.8) is 0 Å². The average molecular weight is 539 g/mol. The maximum Gasteiger partial charge on any atom is 0.305 e. The summed E-state index contributed by atoms with van der Waals surface area (Å²) in [6.45, 7) is 3.96. The first-order valence-corrected chi connectivity index (χ1v) is 12.0. The zero-order valence-corrected chi connectivity index (χ0v) is 23.7. The number of carboxylic acid groups (broad SMARTS) is 1. The zero-order valence-electron chi connectivity index (χ0n) is 21.7. The molecule has 2 aromatic carbocycles. The Morgan fingerprint density at radius 1 is 1.03 bits per heavy atom. The Kier molecular flexibility index (Phi) is 12.1. The van der Waals surface area contributed by atoms with Gasteiger partial charge in [-0.05, 0) is 56.9 Å². The van der Waals surface area contributed by atoms with E-state index in [9.17, 15) is 28.6 Å². The van der Waals surface area contributed by atoms with Gasteiger partial charge < -0.3 is 25.2 Å². The van der Waals surface area contributed by atoms with Crippen LogP contribution in [0.3, 0.4) is 0 Å². The summed E-state index contributed by atoms with van der Waals surface area (Å²) in [4.78, 5) is 28.5. The van der Waals surface area contributed by atoms with Gasteiger partial charge in [0, 0.05) is 53.4 Å². The van der Waals surface area contributed by atoms with Crippen LogP contribution in [0.4, 0.5) is 8.78 Å². The summed E-state index contributed by atoms with van der Waals surface area (Å²) < 4.78 is 29.4.